The number of hydrogen-bond donors (Lipinski definition) is 0. The molecule has 0 saturated carbocycles. The lowest BCUT2D eigenvalue weighted by Crippen LogP contribution is -2.00. The number of methoxy groups -OCH3 is 1. The second-order valence-electron chi connectivity index (χ2n) is 4.84. The van der Waals surface area contributed by atoms with Gasteiger partial charge >= 0.3 is 0 Å². The average molecular weight is 350 g/mol. The molecule has 0 aliphatic rings. The van der Waals surface area contributed by atoms with Crippen molar-refractivity contribution in [2.24, 2.45) is 0 Å². The molecule has 0 N–H and O–H groups in total. The number of rotatable bonds is 5. The molecule has 0 aromatic heterocycles. The molecular formula is C16H16BrNO3. The molecule has 5 heteroatoms. The first-order valence-corrected chi connectivity index (χ1v) is 7.44. The first-order chi connectivity index (χ1) is 10.0. The summed E-state index contributed by atoms with van der Waals surface area (Å²) >= 11 is 3.68. The Morgan fingerprint density at radius 1 is 1.24 bits per heavy atom. The fourth-order valence-electron chi connectivity index (χ4n) is 2.17. The van der Waals surface area contributed by atoms with Gasteiger partial charge in [0.2, 0.25) is 0 Å². The Morgan fingerprint density at radius 2 is 1.90 bits per heavy atom. The van der Waals surface area contributed by atoms with Crippen LogP contribution >= 0.6 is 15.9 Å². The monoisotopic (exact) mass is 349 g/mol. The summed E-state index contributed by atoms with van der Waals surface area (Å²) in [6.07, 6.45) is 0.734. The van der Waals surface area contributed by atoms with Crippen molar-refractivity contribution in [3.05, 3.63) is 69.3 Å². The van der Waals surface area contributed by atoms with E-state index in [4.69, 9.17) is 4.74 Å². The van der Waals surface area contributed by atoms with Crippen molar-refractivity contribution in [3.63, 3.8) is 0 Å². The molecule has 0 heterocycles. The van der Waals surface area contributed by atoms with Crippen LogP contribution in [0.25, 0.3) is 0 Å². The van der Waals surface area contributed by atoms with E-state index < -0.39 is 0 Å². The zero-order valence-corrected chi connectivity index (χ0v) is 13.5. The van der Waals surface area contributed by atoms with Crippen molar-refractivity contribution in [2.45, 2.75) is 18.2 Å². The van der Waals surface area contributed by atoms with Crippen molar-refractivity contribution in [1.82, 2.24) is 0 Å². The van der Waals surface area contributed by atoms with Crippen LogP contribution in [0.4, 0.5) is 5.69 Å². The first-order valence-electron chi connectivity index (χ1n) is 6.53. The Morgan fingerprint density at radius 3 is 2.48 bits per heavy atom. The van der Waals surface area contributed by atoms with Crippen LogP contribution in [-0.4, -0.2) is 12.0 Å². The smallest absolute Gasteiger partial charge is 0.269 e. The van der Waals surface area contributed by atoms with Crippen molar-refractivity contribution in [2.75, 3.05) is 7.11 Å². The van der Waals surface area contributed by atoms with Crippen molar-refractivity contribution in [3.8, 4) is 5.75 Å². The Kier molecular flexibility index (Phi) is 4.96. The van der Waals surface area contributed by atoms with Gasteiger partial charge in [-0.3, -0.25) is 10.1 Å². The lowest BCUT2D eigenvalue weighted by molar-refractivity contribution is -0.384. The third-order valence-electron chi connectivity index (χ3n) is 3.28. The number of hydrogen-bond acceptors (Lipinski definition) is 3. The molecule has 0 bridgehead atoms. The van der Waals surface area contributed by atoms with Crippen LogP contribution in [0.15, 0.2) is 42.5 Å². The molecule has 0 saturated heterocycles. The van der Waals surface area contributed by atoms with Crippen LogP contribution in [0.5, 0.6) is 5.75 Å². The third kappa shape index (κ3) is 3.82. The van der Waals surface area contributed by atoms with E-state index >= 15 is 0 Å². The number of non-ortho nitro benzene ring substituents is 1. The normalized spacial score (nSPS) is 12.0. The molecule has 2 aromatic rings. The van der Waals surface area contributed by atoms with Crippen LogP contribution in [0.3, 0.4) is 0 Å². The van der Waals surface area contributed by atoms with Gasteiger partial charge in [0, 0.05) is 22.5 Å². The number of halogens is 1. The zero-order chi connectivity index (χ0) is 15.4. The molecule has 0 radical (unpaired) electrons. The number of alkyl halides is 1. The molecule has 0 amide bonds. The fourth-order valence-corrected chi connectivity index (χ4v) is 2.90. The Labute approximate surface area is 132 Å². The van der Waals surface area contributed by atoms with Crippen molar-refractivity contribution in [1.29, 1.82) is 0 Å². The van der Waals surface area contributed by atoms with E-state index in [9.17, 15) is 10.1 Å². The van der Waals surface area contributed by atoms with Crippen LogP contribution in [0.1, 0.15) is 21.5 Å². The number of ether oxygens (including phenoxy) is 1. The maximum atomic E-state index is 10.7. The summed E-state index contributed by atoms with van der Waals surface area (Å²) in [6.45, 7) is 2.04. The van der Waals surface area contributed by atoms with E-state index in [1.54, 1.807) is 19.2 Å². The topological polar surface area (TPSA) is 52.4 Å². The SMILES string of the molecule is COc1ccc(C)cc1C(Br)Cc1ccc([N+](=O)[O-])cc1. The molecule has 1 atom stereocenters. The summed E-state index contributed by atoms with van der Waals surface area (Å²) in [4.78, 5) is 10.4. The molecule has 0 aliphatic heterocycles. The summed E-state index contributed by atoms with van der Waals surface area (Å²) in [7, 11) is 1.65. The predicted octanol–water partition coefficient (Wildman–Crippen LogP) is 4.59. The molecule has 4 nitrogen and oxygen atoms in total. The predicted molar refractivity (Wildman–Crippen MR) is 86.2 cm³/mol. The standard InChI is InChI=1S/C16H16BrNO3/c1-11-3-8-16(21-2)14(9-11)15(17)10-12-4-6-13(7-5-12)18(19)20/h3-9,15H,10H2,1-2H3. The number of aryl methyl sites for hydroxylation is 1. The van der Waals surface area contributed by atoms with Gasteiger partial charge in [-0.15, -0.1) is 0 Å². The highest BCUT2D eigenvalue weighted by molar-refractivity contribution is 9.09. The van der Waals surface area contributed by atoms with E-state index in [0.717, 1.165) is 23.3 Å². The quantitative estimate of drug-likeness (QED) is 0.450. The van der Waals surface area contributed by atoms with Gasteiger partial charge < -0.3 is 4.74 Å². The maximum absolute atomic E-state index is 10.7. The zero-order valence-electron chi connectivity index (χ0n) is 11.9. The van der Waals surface area contributed by atoms with Gasteiger partial charge in [-0.05, 0) is 25.0 Å². The Balaban J connectivity index is 2.19. The fraction of sp³-hybridized carbons (Fsp3) is 0.250. The lowest BCUT2D eigenvalue weighted by Gasteiger charge is -2.15. The number of benzene rings is 2. The van der Waals surface area contributed by atoms with Gasteiger partial charge in [-0.2, -0.15) is 0 Å². The molecule has 0 aliphatic carbocycles. The van der Waals surface area contributed by atoms with Gasteiger partial charge in [-0.25, -0.2) is 0 Å². The third-order valence-corrected chi connectivity index (χ3v) is 4.10. The van der Waals surface area contributed by atoms with E-state index in [2.05, 4.69) is 22.0 Å². The first kappa shape index (κ1) is 15.5. The van der Waals surface area contributed by atoms with Crippen molar-refractivity contribution < 1.29 is 9.66 Å². The summed E-state index contributed by atoms with van der Waals surface area (Å²) < 4.78 is 5.39. The summed E-state index contributed by atoms with van der Waals surface area (Å²) in [5.41, 5.74) is 3.39. The van der Waals surface area contributed by atoms with Crippen LogP contribution < -0.4 is 4.74 Å². The minimum Gasteiger partial charge on any atom is -0.496 e. The molecule has 21 heavy (non-hydrogen) atoms. The van der Waals surface area contributed by atoms with Gasteiger partial charge in [0.05, 0.1) is 12.0 Å². The Hall–Kier alpha value is -1.88. The molecule has 110 valence electrons. The van der Waals surface area contributed by atoms with Crippen LogP contribution in [-0.2, 0) is 6.42 Å². The van der Waals surface area contributed by atoms with Gasteiger partial charge in [0.25, 0.3) is 5.69 Å². The summed E-state index contributed by atoms with van der Waals surface area (Å²) in [5.74, 6) is 0.837. The van der Waals surface area contributed by atoms with Gasteiger partial charge in [0.1, 0.15) is 5.75 Å². The molecule has 0 spiro atoms. The van der Waals surface area contributed by atoms with Crippen LogP contribution in [0, 0.1) is 17.0 Å². The van der Waals surface area contributed by atoms with E-state index in [-0.39, 0.29) is 15.4 Å². The molecule has 1 unspecified atom stereocenters. The number of nitro benzene ring substituents is 1. The van der Waals surface area contributed by atoms with Crippen LogP contribution in [0.2, 0.25) is 0 Å². The molecular weight excluding hydrogens is 334 g/mol. The Bertz CT molecular complexity index is 640. The second-order valence-corrected chi connectivity index (χ2v) is 5.95. The van der Waals surface area contributed by atoms with Crippen molar-refractivity contribution >= 4 is 21.6 Å². The highest BCUT2D eigenvalue weighted by Crippen LogP contribution is 2.34. The highest BCUT2D eigenvalue weighted by Gasteiger charge is 2.15. The lowest BCUT2D eigenvalue weighted by atomic mass is 10.0. The molecule has 0 fully saturated rings. The van der Waals surface area contributed by atoms with E-state index in [1.807, 2.05) is 19.1 Å². The minimum absolute atomic E-state index is 0.0915. The average Bonchev–Trinajstić information content (AvgIpc) is 2.47. The second kappa shape index (κ2) is 6.72. The molecule has 2 aromatic carbocycles. The maximum Gasteiger partial charge on any atom is 0.269 e. The van der Waals surface area contributed by atoms with Gasteiger partial charge in [0.15, 0.2) is 0 Å². The van der Waals surface area contributed by atoms with E-state index in [1.165, 1.54) is 17.7 Å². The largest absolute Gasteiger partial charge is 0.496 e. The highest BCUT2D eigenvalue weighted by atomic mass is 79.9. The number of nitro groups is 1. The van der Waals surface area contributed by atoms with Gasteiger partial charge in [-0.1, -0.05) is 45.8 Å². The minimum atomic E-state index is -0.390. The van der Waals surface area contributed by atoms with E-state index in [0.29, 0.717) is 0 Å². The number of nitrogens with zero attached hydrogens (tertiary/aromatic N) is 1. The molecule has 2 rings (SSSR count). The summed E-state index contributed by atoms with van der Waals surface area (Å²) in [6, 6.07) is 12.7. The summed E-state index contributed by atoms with van der Waals surface area (Å²) in [5, 5.41) is 10.7.